The Kier molecular flexibility index (Phi) is 5.03. The Labute approximate surface area is 146 Å². The standard InChI is InChI=1S/C16H18O10/c1-23-14-7-3-2-6(4-8(7)25-15(22)13(14)21)24-16-12(20)11(19)10(18)9(5-17)26-16/h2-4,9-12,16-21H,5H2,1H3/t9-,10-,11+,12-,16-/m1/s1. The van der Waals surface area contributed by atoms with Gasteiger partial charge in [-0.2, -0.15) is 0 Å². The van der Waals surface area contributed by atoms with E-state index in [1.807, 2.05) is 0 Å². The van der Waals surface area contributed by atoms with E-state index in [1.54, 1.807) is 0 Å². The molecule has 2 heterocycles. The number of rotatable bonds is 4. The highest BCUT2D eigenvalue weighted by atomic mass is 16.7. The first-order chi connectivity index (χ1) is 12.4. The van der Waals surface area contributed by atoms with E-state index in [4.69, 9.17) is 18.6 Å². The molecule has 10 heteroatoms. The molecule has 1 aliphatic heterocycles. The van der Waals surface area contributed by atoms with Gasteiger partial charge in [0, 0.05) is 6.07 Å². The van der Waals surface area contributed by atoms with Crippen LogP contribution in [0.25, 0.3) is 11.0 Å². The predicted octanol–water partition coefficient (Wildman–Crippen LogP) is -1.31. The molecule has 0 radical (unpaired) electrons. The molecule has 1 aliphatic rings. The van der Waals surface area contributed by atoms with Gasteiger partial charge in [-0.1, -0.05) is 0 Å². The van der Waals surface area contributed by atoms with Crippen LogP contribution in [0.3, 0.4) is 0 Å². The molecule has 1 aromatic carbocycles. The van der Waals surface area contributed by atoms with E-state index >= 15 is 0 Å². The van der Waals surface area contributed by atoms with Crippen molar-refractivity contribution in [2.75, 3.05) is 13.7 Å². The van der Waals surface area contributed by atoms with Gasteiger partial charge in [-0.15, -0.1) is 0 Å². The Hall–Kier alpha value is -2.37. The summed E-state index contributed by atoms with van der Waals surface area (Å²) in [5.41, 5.74) is -0.953. The molecule has 1 aromatic heterocycles. The summed E-state index contributed by atoms with van der Waals surface area (Å²) < 4.78 is 20.7. The van der Waals surface area contributed by atoms with E-state index in [9.17, 15) is 30.3 Å². The summed E-state index contributed by atoms with van der Waals surface area (Å²) in [6, 6.07) is 4.20. The number of benzene rings is 1. The van der Waals surface area contributed by atoms with Crippen molar-refractivity contribution in [1.82, 2.24) is 0 Å². The third kappa shape index (κ3) is 3.08. The van der Waals surface area contributed by atoms with Gasteiger partial charge in [0.1, 0.15) is 35.7 Å². The highest BCUT2D eigenvalue weighted by molar-refractivity contribution is 5.86. The summed E-state index contributed by atoms with van der Waals surface area (Å²) in [4.78, 5) is 11.6. The van der Waals surface area contributed by atoms with Crippen molar-refractivity contribution in [1.29, 1.82) is 0 Å². The summed E-state index contributed by atoms with van der Waals surface area (Å²) in [6.07, 6.45) is -7.16. The molecule has 0 bridgehead atoms. The van der Waals surface area contributed by atoms with Gasteiger partial charge in [-0.25, -0.2) is 4.79 Å². The third-order valence-corrected chi connectivity index (χ3v) is 4.11. The smallest absolute Gasteiger partial charge is 0.382 e. The van der Waals surface area contributed by atoms with Gasteiger partial charge in [-0.3, -0.25) is 0 Å². The largest absolute Gasteiger partial charge is 0.499 e. The van der Waals surface area contributed by atoms with E-state index in [2.05, 4.69) is 0 Å². The Morgan fingerprint density at radius 3 is 2.54 bits per heavy atom. The van der Waals surface area contributed by atoms with E-state index < -0.39 is 48.7 Å². The molecule has 142 valence electrons. The normalized spacial score (nSPS) is 28.9. The SMILES string of the molecule is COc1c(O)c(=O)oc2cc(O[C@@H]3O[C@H](CO)[C@@H](O)[C@H](O)[C@H]3O)ccc12. The van der Waals surface area contributed by atoms with Crippen LogP contribution >= 0.6 is 0 Å². The number of aliphatic hydroxyl groups is 4. The third-order valence-electron chi connectivity index (χ3n) is 4.11. The second-order valence-corrected chi connectivity index (χ2v) is 5.74. The van der Waals surface area contributed by atoms with Crippen molar-refractivity contribution in [2.24, 2.45) is 0 Å². The molecule has 0 unspecified atom stereocenters. The molecule has 0 amide bonds. The van der Waals surface area contributed by atoms with Gasteiger partial charge >= 0.3 is 5.63 Å². The molecule has 0 aliphatic carbocycles. The van der Waals surface area contributed by atoms with Crippen molar-refractivity contribution in [3.05, 3.63) is 28.6 Å². The second-order valence-electron chi connectivity index (χ2n) is 5.74. The van der Waals surface area contributed by atoms with Gasteiger partial charge in [0.2, 0.25) is 12.0 Å². The number of aliphatic hydroxyl groups excluding tert-OH is 4. The Bertz CT molecular complexity index is 845. The van der Waals surface area contributed by atoms with Crippen molar-refractivity contribution in [3.8, 4) is 17.2 Å². The van der Waals surface area contributed by atoms with Crippen LogP contribution in [0.15, 0.2) is 27.4 Å². The number of fused-ring (bicyclic) bond motifs is 1. The highest BCUT2D eigenvalue weighted by Crippen LogP contribution is 2.34. The van der Waals surface area contributed by atoms with Crippen LogP contribution in [-0.4, -0.2) is 70.0 Å². The molecule has 26 heavy (non-hydrogen) atoms. The molecule has 5 atom stereocenters. The summed E-state index contributed by atoms with van der Waals surface area (Å²) in [5, 5.41) is 48.7. The lowest BCUT2D eigenvalue weighted by atomic mass is 9.99. The number of hydrogen-bond donors (Lipinski definition) is 5. The minimum absolute atomic E-state index is 0.0479. The molecule has 3 rings (SSSR count). The summed E-state index contributed by atoms with van der Waals surface area (Å²) in [6.45, 7) is -0.589. The van der Waals surface area contributed by atoms with E-state index in [0.717, 1.165) is 0 Å². The fraction of sp³-hybridized carbons (Fsp3) is 0.438. The molecule has 1 saturated heterocycles. The molecule has 1 fully saturated rings. The van der Waals surface area contributed by atoms with Crippen LogP contribution in [0.4, 0.5) is 0 Å². The van der Waals surface area contributed by atoms with Crippen molar-refractivity contribution >= 4 is 11.0 Å². The topological polar surface area (TPSA) is 159 Å². The maximum Gasteiger partial charge on any atom is 0.382 e. The zero-order valence-corrected chi connectivity index (χ0v) is 13.6. The first-order valence-electron chi connectivity index (χ1n) is 7.68. The van der Waals surface area contributed by atoms with Gasteiger partial charge < -0.3 is 44.2 Å². The summed E-state index contributed by atoms with van der Waals surface area (Å²) >= 11 is 0. The van der Waals surface area contributed by atoms with E-state index in [-0.39, 0.29) is 17.1 Å². The lowest BCUT2D eigenvalue weighted by molar-refractivity contribution is -0.277. The number of methoxy groups -OCH3 is 1. The lowest BCUT2D eigenvalue weighted by Crippen LogP contribution is -2.60. The van der Waals surface area contributed by atoms with Crippen molar-refractivity contribution in [3.63, 3.8) is 0 Å². The van der Waals surface area contributed by atoms with Gasteiger partial charge in [0.05, 0.1) is 19.1 Å². The fourth-order valence-electron chi connectivity index (χ4n) is 2.72. The molecular weight excluding hydrogens is 352 g/mol. The zero-order chi connectivity index (χ0) is 19.0. The van der Waals surface area contributed by atoms with Crippen LogP contribution in [0, 0.1) is 0 Å². The minimum Gasteiger partial charge on any atom is -0.499 e. The number of hydrogen-bond acceptors (Lipinski definition) is 10. The Morgan fingerprint density at radius 2 is 1.88 bits per heavy atom. The average Bonchev–Trinajstić information content (AvgIpc) is 2.63. The molecular formula is C16H18O10. The van der Waals surface area contributed by atoms with Gasteiger partial charge in [0.25, 0.3) is 0 Å². The maximum absolute atomic E-state index is 11.6. The molecule has 10 nitrogen and oxygen atoms in total. The first kappa shape index (κ1) is 18.4. The van der Waals surface area contributed by atoms with Gasteiger partial charge in [0.15, 0.2) is 5.75 Å². The summed E-state index contributed by atoms with van der Waals surface area (Å²) in [5.74, 6) is -0.615. The van der Waals surface area contributed by atoms with Crippen LogP contribution in [-0.2, 0) is 4.74 Å². The molecule has 0 saturated carbocycles. The first-order valence-corrected chi connectivity index (χ1v) is 7.68. The average molecular weight is 370 g/mol. The van der Waals surface area contributed by atoms with Crippen LogP contribution in [0.2, 0.25) is 0 Å². The fourth-order valence-corrected chi connectivity index (χ4v) is 2.72. The lowest BCUT2D eigenvalue weighted by Gasteiger charge is -2.39. The highest BCUT2D eigenvalue weighted by Gasteiger charge is 2.44. The molecule has 5 N–H and O–H groups in total. The van der Waals surface area contributed by atoms with Crippen LogP contribution < -0.4 is 15.1 Å². The van der Waals surface area contributed by atoms with Gasteiger partial charge in [-0.05, 0) is 12.1 Å². The van der Waals surface area contributed by atoms with Crippen molar-refractivity contribution in [2.45, 2.75) is 30.7 Å². The van der Waals surface area contributed by atoms with E-state index in [0.29, 0.717) is 5.39 Å². The van der Waals surface area contributed by atoms with Crippen LogP contribution in [0.1, 0.15) is 0 Å². The zero-order valence-electron chi connectivity index (χ0n) is 13.6. The molecule has 2 aromatic rings. The Balaban J connectivity index is 1.92. The summed E-state index contributed by atoms with van der Waals surface area (Å²) in [7, 11) is 1.28. The quantitative estimate of drug-likeness (QED) is 0.409. The second kappa shape index (κ2) is 7.09. The number of aromatic hydroxyl groups is 1. The minimum atomic E-state index is -1.58. The van der Waals surface area contributed by atoms with Crippen molar-refractivity contribution < 1.29 is 44.2 Å². The van der Waals surface area contributed by atoms with E-state index in [1.165, 1.54) is 25.3 Å². The van der Waals surface area contributed by atoms with Crippen LogP contribution in [0.5, 0.6) is 17.2 Å². The predicted molar refractivity (Wildman–Crippen MR) is 85.1 cm³/mol. The monoisotopic (exact) mass is 370 g/mol. The Morgan fingerprint density at radius 1 is 1.15 bits per heavy atom. The maximum atomic E-state index is 11.6. The number of ether oxygens (including phenoxy) is 3. The molecule has 0 spiro atoms.